The first-order valence-corrected chi connectivity index (χ1v) is 16.0. The number of aromatic nitrogens is 3. The smallest absolute Gasteiger partial charge is 0.267 e. The maximum absolute atomic E-state index is 13.6. The molecule has 6 rings (SSSR count). The Hall–Kier alpha value is -2.33. The first kappa shape index (κ1) is 27.8. The van der Waals surface area contributed by atoms with Crippen molar-refractivity contribution >= 4 is 38.6 Å². The highest BCUT2D eigenvalue weighted by atomic mass is 79.9. The van der Waals surface area contributed by atoms with Crippen molar-refractivity contribution < 1.29 is 0 Å². The number of likely N-dealkylation sites (tertiary alicyclic amines) is 1. The van der Waals surface area contributed by atoms with Crippen molar-refractivity contribution in [3.63, 3.8) is 0 Å². The predicted octanol–water partition coefficient (Wildman–Crippen LogP) is 5.70. The first-order valence-electron chi connectivity index (χ1n) is 15.2. The van der Waals surface area contributed by atoms with E-state index in [1.165, 1.54) is 6.42 Å². The van der Waals surface area contributed by atoms with Crippen LogP contribution in [0.3, 0.4) is 0 Å². The number of aryl methyl sites for hydroxylation is 1. The second-order valence-corrected chi connectivity index (χ2v) is 12.7. The molecule has 1 saturated carbocycles. The predicted molar refractivity (Wildman–Crippen MR) is 165 cm³/mol. The van der Waals surface area contributed by atoms with Crippen LogP contribution in [0.15, 0.2) is 45.8 Å². The third-order valence-corrected chi connectivity index (χ3v) is 10.1. The maximum atomic E-state index is 13.6. The van der Waals surface area contributed by atoms with Crippen molar-refractivity contribution in [3.05, 3.63) is 56.9 Å². The van der Waals surface area contributed by atoms with Crippen molar-refractivity contribution in [2.45, 2.75) is 89.3 Å². The molecule has 214 valence electrons. The number of benzene rings is 1. The third kappa shape index (κ3) is 5.58. The Bertz CT molecular complexity index is 1370. The topological polar surface area (TPSA) is 83.5 Å². The Kier molecular flexibility index (Phi) is 8.53. The minimum Gasteiger partial charge on any atom is -0.326 e. The van der Waals surface area contributed by atoms with Gasteiger partial charge < -0.3 is 10.6 Å². The molecule has 2 aromatic heterocycles. The van der Waals surface area contributed by atoms with E-state index in [1.807, 2.05) is 17.7 Å². The maximum Gasteiger partial charge on any atom is 0.267 e. The van der Waals surface area contributed by atoms with Gasteiger partial charge in [0.15, 0.2) is 0 Å². The van der Waals surface area contributed by atoms with Crippen molar-refractivity contribution in [1.29, 1.82) is 0 Å². The molecule has 8 nitrogen and oxygen atoms in total. The number of rotatable bonds is 8. The number of anilines is 2. The van der Waals surface area contributed by atoms with Crippen LogP contribution < -0.4 is 16.3 Å². The molecular weight excluding hydrogens is 566 g/mol. The van der Waals surface area contributed by atoms with E-state index in [1.54, 1.807) is 0 Å². The molecule has 2 saturated heterocycles. The number of pyridine rings is 1. The van der Waals surface area contributed by atoms with Crippen LogP contribution in [-0.4, -0.2) is 62.7 Å². The minimum absolute atomic E-state index is 0.0188. The zero-order chi connectivity index (χ0) is 27.6. The van der Waals surface area contributed by atoms with E-state index in [0.717, 1.165) is 106 Å². The van der Waals surface area contributed by atoms with E-state index in [9.17, 15) is 4.79 Å². The van der Waals surface area contributed by atoms with Crippen LogP contribution in [0.5, 0.6) is 0 Å². The van der Waals surface area contributed by atoms with Crippen LogP contribution in [0.4, 0.5) is 11.6 Å². The lowest BCUT2D eigenvalue weighted by atomic mass is 9.99. The molecule has 4 heterocycles. The Morgan fingerprint density at radius 1 is 1.05 bits per heavy atom. The first-order chi connectivity index (χ1) is 19.5. The lowest BCUT2D eigenvalue weighted by molar-refractivity contribution is 0.133. The summed E-state index contributed by atoms with van der Waals surface area (Å²) in [4.78, 5) is 26.3. The van der Waals surface area contributed by atoms with Crippen LogP contribution in [-0.2, 0) is 0 Å². The third-order valence-electron chi connectivity index (χ3n) is 9.18. The van der Waals surface area contributed by atoms with Gasteiger partial charge in [0.1, 0.15) is 5.65 Å². The lowest BCUT2D eigenvalue weighted by Gasteiger charge is -2.43. The number of fused-ring (bicyclic) bond motifs is 1. The fourth-order valence-electron chi connectivity index (χ4n) is 7.00. The highest BCUT2D eigenvalue weighted by Crippen LogP contribution is 2.35. The van der Waals surface area contributed by atoms with E-state index < -0.39 is 0 Å². The number of para-hydroxylation sites is 1. The van der Waals surface area contributed by atoms with Crippen LogP contribution >= 0.6 is 15.9 Å². The SMILES string of the molecule is Cc1c(Br)c(=O)n(C2CCCC2)c2nc(N(c3ccccc3)N3CCCCC3CCCN3CCC(N)C3)ncc12. The summed E-state index contributed by atoms with van der Waals surface area (Å²) in [5, 5.41) is 5.67. The summed E-state index contributed by atoms with van der Waals surface area (Å²) in [7, 11) is 0. The second kappa shape index (κ2) is 12.3. The average Bonchev–Trinajstić information content (AvgIpc) is 3.66. The van der Waals surface area contributed by atoms with E-state index in [0.29, 0.717) is 22.5 Å². The number of hydrogen-bond donors (Lipinski definition) is 1. The fourth-order valence-corrected chi connectivity index (χ4v) is 7.41. The largest absolute Gasteiger partial charge is 0.326 e. The molecule has 2 atom stereocenters. The summed E-state index contributed by atoms with van der Waals surface area (Å²) in [6.07, 6.45) is 13.2. The zero-order valence-electron chi connectivity index (χ0n) is 23.6. The van der Waals surface area contributed by atoms with Gasteiger partial charge in [-0.1, -0.05) is 37.5 Å². The highest BCUT2D eigenvalue weighted by molar-refractivity contribution is 9.10. The number of hydrogen-bond acceptors (Lipinski definition) is 7. The number of nitrogens with zero attached hydrogens (tertiary/aromatic N) is 6. The van der Waals surface area contributed by atoms with Crippen LogP contribution in [0.1, 0.15) is 75.8 Å². The molecule has 40 heavy (non-hydrogen) atoms. The molecule has 9 heteroatoms. The molecule has 1 aromatic carbocycles. The summed E-state index contributed by atoms with van der Waals surface area (Å²) in [5.74, 6) is 0.643. The van der Waals surface area contributed by atoms with E-state index >= 15 is 0 Å². The van der Waals surface area contributed by atoms with Gasteiger partial charge in [0, 0.05) is 42.8 Å². The Morgan fingerprint density at radius 2 is 1.82 bits per heavy atom. The monoisotopic (exact) mass is 607 g/mol. The van der Waals surface area contributed by atoms with Gasteiger partial charge in [0.05, 0.1) is 10.2 Å². The van der Waals surface area contributed by atoms with Gasteiger partial charge in [-0.2, -0.15) is 4.98 Å². The molecule has 1 aliphatic carbocycles. The normalized spacial score (nSPS) is 22.9. The highest BCUT2D eigenvalue weighted by Gasteiger charge is 2.32. The summed E-state index contributed by atoms with van der Waals surface area (Å²) in [6.45, 7) is 6.20. The molecule has 3 aromatic rings. The molecule has 0 bridgehead atoms. The van der Waals surface area contributed by atoms with E-state index in [4.69, 9.17) is 15.7 Å². The molecule has 2 aliphatic heterocycles. The zero-order valence-corrected chi connectivity index (χ0v) is 25.2. The average molecular weight is 609 g/mol. The molecule has 3 aliphatic rings. The summed E-state index contributed by atoms with van der Waals surface area (Å²) in [5.41, 5.74) is 8.89. The van der Waals surface area contributed by atoms with Crippen molar-refractivity contribution in [2.75, 3.05) is 31.2 Å². The summed E-state index contributed by atoms with van der Waals surface area (Å²) >= 11 is 3.59. The van der Waals surface area contributed by atoms with Crippen molar-refractivity contribution in [3.8, 4) is 0 Å². The molecular formula is C31H42BrN7O. The molecule has 3 fully saturated rings. The van der Waals surface area contributed by atoms with Crippen molar-refractivity contribution in [1.82, 2.24) is 24.4 Å². The number of halogens is 1. The summed E-state index contributed by atoms with van der Waals surface area (Å²) < 4.78 is 2.57. The minimum atomic E-state index is 0.0188. The van der Waals surface area contributed by atoms with Crippen molar-refractivity contribution in [2.24, 2.45) is 5.73 Å². The van der Waals surface area contributed by atoms with Gasteiger partial charge in [0.25, 0.3) is 5.56 Å². The fraction of sp³-hybridized carbons (Fsp3) is 0.581. The van der Waals surface area contributed by atoms with Crippen LogP contribution in [0.25, 0.3) is 11.0 Å². The number of piperidine rings is 1. The molecule has 2 N–H and O–H groups in total. The van der Waals surface area contributed by atoms with Gasteiger partial charge >= 0.3 is 0 Å². The van der Waals surface area contributed by atoms with Crippen LogP contribution in [0.2, 0.25) is 0 Å². The molecule has 0 radical (unpaired) electrons. The Balaban J connectivity index is 1.38. The van der Waals surface area contributed by atoms with Gasteiger partial charge in [0.2, 0.25) is 5.95 Å². The van der Waals surface area contributed by atoms with Gasteiger partial charge in [-0.15, -0.1) is 0 Å². The van der Waals surface area contributed by atoms with E-state index in [2.05, 4.69) is 61.2 Å². The van der Waals surface area contributed by atoms with Gasteiger partial charge in [-0.05, 0) is 98.6 Å². The van der Waals surface area contributed by atoms with E-state index in [-0.39, 0.29) is 11.6 Å². The lowest BCUT2D eigenvalue weighted by Crippen LogP contribution is -2.50. The van der Waals surface area contributed by atoms with Gasteiger partial charge in [-0.25, -0.2) is 15.0 Å². The number of hydrazine groups is 1. The standard InChI is InChI=1S/C31H42BrN7O/c1-22-27-20-34-31(35-29(27)38(30(40)28(22)32)25-11-5-6-12-25)39(26-13-3-2-4-14-26)37-18-8-7-10-24(37)15-9-17-36-19-16-23(33)21-36/h2-4,13-14,20,23-25H,5-12,15-19,21,33H2,1H3. The quantitative estimate of drug-likeness (QED) is 0.352. The van der Waals surface area contributed by atoms with Crippen LogP contribution in [0, 0.1) is 6.92 Å². The molecule has 0 spiro atoms. The second-order valence-electron chi connectivity index (χ2n) is 11.9. The van der Waals surface area contributed by atoms with Gasteiger partial charge in [-0.3, -0.25) is 9.36 Å². The number of nitrogens with two attached hydrogens (primary N) is 1. The molecule has 2 unspecified atom stereocenters. The summed E-state index contributed by atoms with van der Waals surface area (Å²) in [6, 6.07) is 11.4. The molecule has 0 amide bonds. The Labute approximate surface area is 245 Å². The Morgan fingerprint density at radius 3 is 2.58 bits per heavy atom.